The van der Waals surface area contributed by atoms with E-state index in [1.165, 1.54) is 4.90 Å². The number of hydrogen-bond donors (Lipinski definition) is 1. The Balaban J connectivity index is 0.00000161. The number of para-hydroxylation sites is 1. The second-order valence-electron chi connectivity index (χ2n) is 4.92. The number of benzene rings is 1. The normalized spacial score (nSPS) is 22.9. The first-order valence-corrected chi connectivity index (χ1v) is 6.75. The zero-order chi connectivity index (χ0) is 13.9. The van der Waals surface area contributed by atoms with Gasteiger partial charge in [-0.3, -0.25) is 9.69 Å². The number of halogens is 1. The fraction of sp³-hybridized carbons (Fsp3) is 0.429. The summed E-state index contributed by atoms with van der Waals surface area (Å²) in [6, 6.07) is 8.17. The van der Waals surface area contributed by atoms with Crippen molar-refractivity contribution in [3.63, 3.8) is 0 Å². The van der Waals surface area contributed by atoms with Crippen LogP contribution in [0.15, 0.2) is 30.3 Å². The number of amides is 3. The van der Waals surface area contributed by atoms with Gasteiger partial charge in [0.25, 0.3) is 5.91 Å². The van der Waals surface area contributed by atoms with E-state index in [0.717, 1.165) is 13.1 Å². The molecule has 1 unspecified atom stereocenters. The molecule has 1 aromatic carbocycles. The van der Waals surface area contributed by atoms with Crippen LogP contribution in [0, 0.1) is 0 Å². The number of morpholine rings is 1. The van der Waals surface area contributed by atoms with Crippen LogP contribution in [0.5, 0.6) is 0 Å². The third-order valence-corrected chi connectivity index (χ3v) is 3.58. The summed E-state index contributed by atoms with van der Waals surface area (Å²) in [5, 5.41) is 2.75. The SMILES string of the molecule is Cl.O=C1NC(CN2CCOCC2)C(=O)N1c1ccccc1. The molecular weight excluding hydrogens is 294 g/mol. The highest BCUT2D eigenvalue weighted by Crippen LogP contribution is 2.19. The van der Waals surface area contributed by atoms with E-state index in [1.807, 2.05) is 18.2 Å². The molecule has 0 aliphatic carbocycles. The molecule has 0 radical (unpaired) electrons. The van der Waals surface area contributed by atoms with Crippen molar-refractivity contribution in [3.05, 3.63) is 30.3 Å². The van der Waals surface area contributed by atoms with Gasteiger partial charge < -0.3 is 10.1 Å². The molecule has 2 aliphatic rings. The highest BCUT2D eigenvalue weighted by molar-refractivity contribution is 6.21. The molecule has 1 aromatic rings. The Morgan fingerprint density at radius 1 is 1.14 bits per heavy atom. The van der Waals surface area contributed by atoms with Crippen molar-refractivity contribution in [2.24, 2.45) is 0 Å². The van der Waals surface area contributed by atoms with Gasteiger partial charge in [-0.15, -0.1) is 12.4 Å². The van der Waals surface area contributed by atoms with E-state index in [2.05, 4.69) is 10.2 Å². The van der Waals surface area contributed by atoms with Gasteiger partial charge in [0.15, 0.2) is 0 Å². The lowest BCUT2D eigenvalue weighted by Crippen LogP contribution is -2.46. The molecule has 2 heterocycles. The summed E-state index contributed by atoms with van der Waals surface area (Å²) in [6.45, 7) is 3.49. The van der Waals surface area contributed by atoms with E-state index in [4.69, 9.17) is 4.74 Å². The number of nitrogens with one attached hydrogen (secondary N) is 1. The zero-order valence-corrected chi connectivity index (χ0v) is 12.3. The van der Waals surface area contributed by atoms with E-state index < -0.39 is 6.04 Å². The number of urea groups is 1. The Bertz CT molecular complexity index is 505. The van der Waals surface area contributed by atoms with Crippen LogP contribution in [-0.4, -0.2) is 55.7 Å². The van der Waals surface area contributed by atoms with Crippen molar-refractivity contribution in [3.8, 4) is 0 Å². The summed E-state index contributed by atoms with van der Waals surface area (Å²) >= 11 is 0. The van der Waals surface area contributed by atoms with E-state index in [-0.39, 0.29) is 24.3 Å². The molecule has 0 bridgehead atoms. The van der Waals surface area contributed by atoms with Crippen LogP contribution in [0.3, 0.4) is 0 Å². The fourth-order valence-electron chi connectivity index (χ4n) is 2.52. The molecule has 2 saturated heterocycles. The molecule has 1 atom stereocenters. The van der Waals surface area contributed by atoms with Crippen LogP contribution >= 0.6 is 12.4 Å². The number of hydrogen-bond acceptors (Lipinski definition) is 4. The predicted octanol–water partition coefficient (Wildman–Crippen LogP) is 0.865. The minimum absolute atomic E-state index is 0. The highest BCUT2D eigenvalue weighted by Gasteiger charge is 2.39. The summed E-state index contributed by atoms with van der Waals surface area (Å²) in [6.07, 6.45) is 0. The largest absolute Gasteiger partial charge is 0.379 e. The third kappa shape index (κ3) is 3.34. The van der Waals surface area contributed by atoms with E-state index in [9.17, 15) is 9.59 Å². The Hall–Kier alpha value is -1.63. The number of rotatable bonds is 3. The van der Waals surface area contributed by atoms with Gasteiger partial charge in [-0.2, -0.15) is 0 Å². The Labute approximate surface area is 129 Å². The van der Waals surface area contributed by atoms with Crippen molar-refractivity contribution in [1.82, 2.24) is 10.2 Å². The van der Waals surface area contributed by atoms with E-state index >= 15 is 0 Å². The molecule has 2 aliphatic heterocycles. The first-order chi connectivity index (χ1) is 9.75. The summed E-state index contributed by atoms with van der Waals surface area (Å²) in [5.74, 6) is -0.187. The molecule has 3 rings (SSSR count). The lowest BCUT2D eigenvalue weighted by atomic mass is 10.2. The van der Waals surface area contributed by atoms with Crippen molar-refractivity contribution >= 4 is 30.0 Å². The maximum absolute atomic E-state index is 12.4. The molecule has 0 spiro atoms. The van der Waals surface area contributed by atoms with Gasteiger partial charge in [0.05, 0.1) is 18.9 Å². The minimum atomic E-state index is -0.471. The molecular formula is C14H18ClN3O3. The molecule has 7 heteroatoms. The molecule has 0 aromatic heterocycles. The first kappa shape index (κ1) is 15.8. The van der Waals surface area contributed by atoms with Crippen molar-refractivity contribution < 1.29 is 14.3 Å². The average Bonchev–Trinajstić information content (AvgIpc) is 2.75. The summed E-state index contributed by atoms with van der Waals surface area (Å²) in [5.41, 5.74) is 0.611. The number of imide groups is 1. The van der Waals surface area contributed by atoms with E-state index in [0.29, 0.717) is 25.4 Å². The van der Waals surface area contributed by atoms with Gasteiger partial charge >= 0.3 is 6.03 Å². The van der Waals surface area contributed by atoms with E-state index in [1.54, 1.807) is 12.1 Å². The maximum atomic E-state index is 12.4. The van der Waals surface area contributed by atoms with Gasteiger partial charge in [0.2, 0.25) is 0 Å². The van der Waals surface area contributed by atoms with Crippen LogP contribution in [0.2, 0.25) is 0 Å². The Morgan fingerprint density at radius 3 is 2.48 bits per heavy atom. The number of ether oxygens (including phenoxy) is 1. The molecule has 0 saturated carbocycles. The monoisotopic (exact) mass is 311 g/mol. The molecule has 2 fully saturated rings. The number of carbonyl (C=O) groups excluding carboxylic acids is 2. The standard InChI is InChI=1S/C14H17N3O3.ClH/c18-13-12(10-16-6-8-20-9-7-16)15-14(19)17(13)11-4-2-1-3-5-11;/h1-5,12H,6-10H2,(H,15,19);1H. The smallest absolute Gasteiger partial charge is 0.329 e. The number of anilines is 1. The zero-order valence-electron chi connectivity index (χ0n) is 11.5. The summed E-state index contributed by atoms with van der Waals surface area (Å²) in [7, 11) is 0. The molecule has 1 N–H and O–H groups in total. The first-order valence-electron chi connectivity index (χ1n) is 6.75. The van der Waals surface area contributed by atoms with Gasteiger partial charge in [-0.1, -0.05) is 18.2 Å². The lowest BCUT2D eigenvalue weighted by Gasteiger charge is -2.28. The van der Waals surface area contributed by atoms with Crippen LogP contribution in [0.1, 0.15) is 0 Å². The van der Waals surface area contributed by atoms with Gasteiger partial charge in [-0.25, -0.2) is 9.69 Å². The van der Waals surface area contributed by atoms with Gasteiger partial charge in [0.1, 0.15) is 6.04 Å². The highest BCUT2D eigenvalue weighted by atomic mass is 35.5. The Kier molecular flexibility index (Phi) is 5.17. The number of carbonyl (C=O) groups is 2. The van der Waals surface area contributed by atoms with Crippen LogP contribution in [0.4, 0.5) is 10.5 Å². The fourth-order valence-corrected chi connectivity index (χ4v) is 2.52. The molecule has 3 amide bonds. The Morgan fingerprint density at radius 2 is 1.81 bits per heavy atom. The summed E-state index contributed by atoms with van der Waals surface area (Å²) < 4.78 is 5.28. The number of nitrogens with zero attached hydrogens (tertiary/aromatic N) is 2. The van der Waals surface area contributed by atoms with Crippen molar-refractivity contribution in [1.29, 1.82) is 0 Å². The third-order valence-electron chi connectivity index (χ3n) is 3.58. The van der Waals surface area contributed by atoms with Crippen LogP contribution < -0.4 is 10.2 Å². The van der Waals surface area contributed by atoms with Crippen molar-refractivity contribution in [2.45, 2.75) is 6.04 Å². The maximum Gasteiger partial charge on any atom is 0.329 e. The van der Waals surface area contributed by atoms with Gasteiger partial charge in [-0.05, 0) is 12.1 Å². The predicted molar refractivity (Wildman–Crippen MR) is 80.8 cm³/mol. The topological polar surface area (TPSA) is 61.9 Å². The minimum Gasteiger partial charge on any atom is -0.379 e. The lowest BCUT2D eigenvalue weighted by molar-refractivity contribution is -0.119. The van der Waals surface area contributed by atoms with Gasteiger partial charge in [0, 0.05) is 19.6 Å². The molecule has 114 valence electrons. The molecule has 6 nitrogen and oxygen atoms in total. The van der Waals surface area contributed by atoms with Crippen molar-refractivity contribution in [2.75, 3.05) is 37.7 Å². The van der Waals surface area contributed by atoms with Crippen LogP contribution in [0.25, 0.3) is 0 Å². The second kappa shape index (κ2) is 6.89. The van der Waals surface area contributed by atoms with Crippen LogP contribution in [-0.2, 0) is 9.53 Å². The molecule has 21 heavy (non-hydrogen) atoms. The average molecular weight is 312 g/mol. The second-order valence-corrected chi connectivity index (χ2v) is 4.92. The summed E-state index contributed by atoms with van der Waals surface area (Å²) in [4.78, 5) is 27.7. The quantitative estimate of drug-likeness (QED) is 0.841.